The number of aromatic nitrogens is 1. The molecule has 3 heterocycles. The van der Waals surface area contributed by atoms with Crippen LogP contribution in [0.2, 0.25) is 0 Å². The first kappa shape index (κ1) is 25.1. The van der Waals surface area contributed by atoms with Crippen molar-refractivity contribution < 1.29 is 26.3 Å². The highest BCUT2D eigenvalue weighted by Crippen LogP contribution is 2.44. The summed E-state index contributed by atoms with van der Waals surface area (Å²) < 4.78 is 76.2. The van der Waals surface area contributed by atoms with Gasteiger partial charge in [-0.15, -0.1) is 11.3 Å². The molecule has 0 radical (unpaired) electrons. The van der Waals surface area contributed by atoms with Gasteiger partial charge in [0.1, 0.15) is 5.75 Å². The van der Waals surface area contributed by atoms with Crippen LogP contribution in [0.4, 0.5) is 18.3 Å². The van der Waals surface area contributed by atoms with Gasteiger partial charge in [-0.1, -0.05) is 18.2 Å². The van der Waals surface area contributed by atoms with Gasteiger partial charge >= 0.3 is 6.18 Å². The number of hydrogen-bond donors (Lipinski definition) is 1. The Hall–Kier alpha value is -2.60. The van der Waals surface area contributed by atoms with Crippen LogP contribution in [0.15, 0.2) is 58.9 Å². The van der Waals surface area contributed by atoms with Crippen LogP contribution in [0, 0.1) is 0 Å². The van der Waals surface area contributed by atoms with Crippen LogP contribution in [-0.4, -0.2) is 37.5 Å². The molecule has 2 aromatic carbocycles. The van der Waals surface area contributed by atoms with Crippen molar-refractivity contribution in [1.82, 2.24) is 9.40 Å². The molecule has 1 N–H and O–H groups in total. The zero-order chi connectivity index (χ0) is 25.5. The highest BCUT2D eigenvalue weighted by Gasteiger charge is 2.34. The zero-order valence-corrected chi connectivity index (χ0v) is 21.1. The van der Waals surface area contributed by atoms with Crippen molar-refractivity contribution in [2.24, 2.45) is 0 Å². The van der Waals surface area contributed by atoms with E-state index in [4.69, 9.17) is 16.5 Å². The number of thiazole rings is 1. The summed E-state index contributed by atoms with van der Waals surface area (Å²) in [6.45, 7) is 1.26. The molecule has 12 heteroatoms. The molecule has 3 aromatic rings. The standard InChI is InChI=1S/C24H21ClF3N3O3S2/c25-31-9-5-15(6-10-31)21-13-16(24(26,27)28)1-3-18(21)19-7-11-34-22-14-17(2-4-20(19)22)36(32,33)30-23-29-8-12-35-23/h1-5,8,12-14,19H,6-7,9-11H2,(H,29,30). The van der Waals surface area contributed by atoms with E-state index in [1.54, 1.807) is 15.9 Å². The topological polar surface area (TPSA) is 71.5 Å². The predicted octanol–water partition coefficient (Wildman–Crippen LogP) is 6.12. The van der Waals surface area contributed by atoms with Gasteiger partial charge in [0.2, 0.25) is 0 Å². The molecular formula is C24H21ClF3N3O3S2. The largest absolute Gasteiger partial charge is 0.493 e. The zero-order valence-electron chi connectivity index (χ0n) is 18.8. The number of halogens is 4. The van der Waals surface area contributed by atoms with E-state index in [1.807, 2.05) is 6.08 Å². The Morgan fingerprint density at radius 3 is 2.67 bits per heavy atom. The van der Waals surface area contributed by atoms with Crippen LogP contribution < -0.4 is 9.46 Å². The number of rotatable bonds is 5. The van der Waals surface area contributed by atoms with E-state index >= 15 is 0 Å². The van der Waals surface area contributed by atoms with E-state index in [0.29, 0.717) is 43.9 Å². The molecule has 0 spiro atoms. The molecule has 1 aromatic heterocycles. The minimum atomic E-state index is -4.47. The van der Waals surface area contributed by atoms with Crippen LogP contribution in [0.1, 0.15) is 41.0 Å². The van der Waals surface area contributed by atoms with E-state index in [9.17, 15) is 21.6 Å². The highest BCUT2D eigenvalue weighted by molar-refractivity contribution is 7.93. The molecular weight excluding hydrogens is 535 g/mol. The second-order valence-corrected chi connectivity index (χ2v) is 11.5. The Morgan fingerprint density at radius 2 is 1.97 bits per heavy atom. The molecule has 190 valence electrons. The monoisotopic (exact) mass is 555 g/mol. The fourth-order valence-electron chi connectivity index (χ4n) is 4.51. The lowest BCUT2D eigenvalue weighted by atomic mass is 9.81. The number of nitrogens with one attached hydrogen (secondary N) is 1. The highest BCUT2D eigenvalue weighted by atomic mass is 35.5. The lowest BCUT2D eigenvalue weighted by molar-refractivity contribution is -0.137. The van der Waals surface area contributed by atoms with E-state index < -0.39 is 21.8 Å². The quantitative estimate of drug-likeness (QED) is 0.384. The molecule has 0 saturated carbocycles. The molecule has 0 amide bonds. The van der Waals surface area contributed by atoms with Gasteiger partial charge in [0.05, 0.1) is 17.1 Å². The average molecular weight is 556 g/mol. The first-order chi connectivity index (χ1) is 17.1. The van der Waals surface area contributed by atoms with E-state index in [2.05, 4.69) is 9.71 Å². The molecule has 0 saturated heterocycles. The maximum Gasteiger partial charge on any atom is 0.416 e. The number of nitrogens with zero attached hydrogens (tertiary/aromatic N) is 2. The smallest absolute Gasteiger partial charge is 0.416 e. The maximum absolute atomic E-state index is 13.6. The minimum Gasteiger partial charge on any atom is -0.493 e. The molecule has 6 nitrogen and oxygen atoms in total. The second kappa shape index (κ2) is 9.70. The van der Waals surface area contributed by atoms with Crippen LogP contribution in [0.25, 0.3) is 5.57 Å². The van der Waals surface area contributed by atoms with Gasteiger partial charge in [0, 0.05) is 42.2 Å². The van der Waals surface area contributed by atoms with Crippen LogP contribution in [0.3, 0.4) is 0 Å². The normalized spacial score (nSPS) is 18.8. The van der Waals surface area contributed by atoms with E-state index in [-0.39, 0.29) is 15.9 Å². The van der Waals surface area contributed by atoms with Crippen molar-refractivity contribution in [3.05, 3.63) is 76.3 Å². The lowest BCUT2D eigenvalue weighted by Crippen LogP contribution is -2.21. The van der Waals surface area contributed by atoms with Crippen molar-refractivity contribution in [1.29, 1.82) is 0 Å². The third-order valence-corrected chi connectivity index (χ3v) is 8.71. The fraction of sp³-hybridized carbons (Fsp3) is 0.292. The SMILES string of the molecule is O=S(=O)(Nc1nccs1)c1ccc2c(c1)OCCC2c1ccc(C(F)(F)F)cc1C1=CCN(Cl)CC1. The van der Waals surface area contributed by atoms with Crippen molar-refractivity contribution in [3.8, 4) is 5.75 Å². The third kappa shape index (κ3) is 5.10. The fourth-order valence-corrected chi connectivity index (χ4v) is 6.47. The lowest BCUT2D eigenvalue weighted by Gasteiger charge is -2.30. The first-order valence-corrected chi connectivity index (χ1v) is 13.8. The van der Waals surface area contributed by atoms with Crippen molar-refractivity contribution in [3.63, 3.8) is 0 Å². The molecule has 0 bridgehead atoms. The van der Waals surface area contributed by atoms with Gasteiger partial charge in [-0.25, -0.2) is 17.8 Å². The number of hydrogen-bond acceptors (Lipinski definition) is 6. The maximum atomic E-state index is 13.6. The summed E-state index contributed by atoms with van der Waals surface area (Å²) in [5, 5.41) is 1.91. The van der Waals surface area contributed by atoms with Crippen molar-refractivity contribution >= 4 is 43.8 Å². The molecule has 0 fully saturated rings. The van der Waals surface area contributed by atoms with Gasteiger partial charge in [0.15, 0.2) is 5.13 Å². The summed E-state index contributed by atoms with van der Waals surface area (Å²) in [5.41, 5.74) is 2.11. The number of anilines is 1. The molecule has 1 unspecified atom stereocenters. The molecule has 2 aliphatic heterocycles. The Morgan fingerprint density at radius 1 is 1.17 bits per heavy atom. The summed E-state index contributed by atoms with van der Waals surface area (Å²) in [7, 11) is -3.88. The summed E-state index contributed by atoms with van der Waals surface area (Å²) in [4.78, 5) is 3.97. The average Bonchev–Trinajstić information content (AvgIpc) is 3.35. The van der Waals surface area contributed by atoms with Gasteiger partial charge in [0.25, 0.3) is 10.0 Å². The van der Waals surface area contributed by atoms with E-state index in [0.717, 1.165) is 34.1 Å². The summed E-state index contributed by atoms with van der Waals surface area (Å²) >= 11 is 7.22. The van der Waals surface area contributed by atoms with Gasteiger partial charge < -0.3 is 4.74 Å². The molecule has 36 heavy (non-hydrogen) atoms. The number of sulfonamides is 1. The number of ether oxygens (including phenoxy) is 1. The van der Waals surface area contributed by atoms with Crippen LogP contribution in [0.5, 0.6) is 5.75 Å². The second-order valence-electron chi connectivity index (χ2n) is 8.48. The van der Waals surface area contributed by atoms with Crippen molar-refractivity contribution in [2.45, 2.75) is 29.8 Å². The third-order valence-electron chi connectivity index (χ3n) is 6.25. The minimum absolute atomic E-state index is 0.0157. The number of alkyl halides is 3. The Labute approximate surface area is 215 Å². The van der Waals surface area contributed by atoms with E-state index in [1.165, 1.54) is 30.5 Å². The molecule has 5 rings (SSSR count). The number of fused-ring (bicyclic) bond motifs is 1. The first-order valence-electron chi connectivity index (χ1n) is 11.1. The number of benzene rings is 2. The predicted molar refractivity (Wildman–Crippen MR) is 133 cm³/mol. The van der Waals surface area contributed by atoms with Crippen LogP contribution in [-0.2, 0) is 16.2 Å². The Balaban J connectivity index is 1.54. The molecule has 2 aliphatic rings. The van der Waals surface area contributed by atoms with Gasteiger partial charge in [-0.2, -0.15) is 13.2 Å². The summed E-state index contributed by atoms with van der Waals surface area (Å²) in [5.74, 6) is 0.133. The summed E-state index contributed by atoms with van der Waals surface area (Å²) in [6, 6.07) is 8.43. The molecule has 0 aliphatic carbocycles. The molecule has 1 atom stereocenters. The Kier molecular flexibility index (Phi) is 6.75. The van der Waals surface area contributed by atoms with Gasteiger partial charge in [-0.3, -0.25) is 4.72 Å². The van der Waals surface area contributed by atoms with Crippen molar-refractivity contribution in [2.75, 3.05) is 24.4 Å². The van der Waals surface area contributed by atoms with Gasteiger partial charge in [-0.05, 0) is 59.5 Å². The van der Waals surface area contributed by atoms with Crippen LogP contribution >= 0.6 is 23.1 Å². The Bertz CT molecular complexity index is 1410. The summed E-state index contributed by atoms with van der Waals surface area (Å²) in [6.07, 6.45) is -0.0492.